The highest BCUT2D eigenvalue weighted by Gasteiger charge is 2.19. The van der Waals surface area contributed by atoms with Crippen LogP contribution < -0.4 is 0 Å². The van der Waals surface area contributed by atoms with Gasteiger partial charge < -0.3 is 4.42 Å². The molecule has 0 N–H and O–H groups in total. The van der Waals surface area contributed by atoms with Gasteiger partial charge in [-0.3, -0.25) is 0 Å². The van der Waals surface area contributed by atoms with E-state index in [0.717, 1.165) is 77.7 Å². The Labute approximate surface area is 340 Å². The van der Waals surface area contributed by atoms with Gasteiger partial charge in [-0.2, -0.15) is 0 Å². The molecule has 0 radical (unpaired) electrons. The fourth-order valence-corrected chi connectivity index (χ4v) is 9.05. The Hall–Kier alpha value is -7.88. The molecule has 0 saturated heterocycles. The Kier molecular flexibility index (Phi) is 7.54. The van der Waals surface area contributed by atoms with Crippen LogP contribution in [0.4, 0.5) is 0 Å². The lowest BCUT2D eigenvalue weighted by molar-refractivity contribution is 0.669. The van der Waals surface area contributed by atoms with Crippen LogP contribution in [0.5, 0.6) is 0 Å². The SMILES string of the molecule is c1ccc(-c2ccccc2-c2nc(-c3ccc(-c4ccc5oc6ccc7ccccc7c6c5c4)cc3)cc(-c3c4ccccc4cc4c3ccc3ccccc34)n2)cc1. The van der Waals surface area contributed by atoms with Crippen molar-refractivity contribution in [1.82, 2.24) is 9.97 Å². The van der Waals surface area contributed by atoms with Gasteiger partial charge in [-0.25, -0.2) is 9.97 Å². The van der Waals surface area contributed by atoms with Crippen LogP contribution in [0.1, 0.15) is 0 Å². The van der Waals surface area contributed by atoms with E-state index < -0.39 is 0 Å². The molecule has 0 aliphatic heterocycles. The zero-order valence-corrected chi connectivity index (χ0v) is 31.9. The van der Waals surface area contributed by atoms with E-state index in [1.807, 2.05) is 0 Å². The molecule has 274 valence electrons. The van der Waals surface area contributed by atoms with E-state index in [2.05, 4.69) is 206 Å². The number of benzene rings is 10. The van der Waals surface area contributed by atoms with Crippen LogP contribution in [-0.2, 0) is 0 Å². The number of furan rings is 1. The van der Waals surface area contributed by atoms with Gasteiger partial charge in [-0.1, -0.05) is 176 Å². The molecule has 0 bridgehead atoms. The summed E-state index contributed by atoms with van der Waals surface area (Å²) in [5.74, 6) is 0.687. The number of aromatic nitrogens is 2. The van der Waals surface area contributed by atoms with E-state index in [-0.39, 0.29) is 0 Å². The van der Waals surface area contributed by atoms with E-state index in [1.54, 1.807) is 0 Å². The molecule has 3 nitrogen and oxygen atoms in total. The number of hydrogen-bond acceptors (Lipinski definition) is 3. The molecule has 2 aromatic heterocycles. The summed E-state index contributed by atoms with van der Waals surface area (Å²) >= 11 is 0. The highest BCUT2D eigenvalue weighted by Crippen LogP contribution is 2.42. The first-order chi connectivity index (χ1) is 29.2. The average molecular weight is 751 g/mol. The first-order valence-electron chi connectivity index (χ1n) is 20.1. The van der Waals surface area contributed by atoms with Crippen molar-refractivity contribution in [3.05, 3.63) is 206 Å². The lowest BCUT2D eigenvalue weighted by Crippen LogP contribution is -1.98. The minimum absolute atomic E-state index is 0.687. The van der Waals surface area contributed by atoms with Gasteiger partial charge in [0.05, 0.1) is 11.4 Å². The lowest BCUT2D eigenvalue weighted by Gasteiger charge is -2.16. The highest BCUT2D eigenvalue weighted by molar-refractivity contribution is 6.21. The monoisotopic (exact) mass is 750 g/mol. The van der Waals surface area contributed by atoms with Gasteiger partial charge in [-0.15, -0.1) is 0 Å². The average Bonchev–Trinajstić information content (AvgIpc) is 3.69. The molecule has 0 unspecified atom stereocenters. The van der Waals surface area contributed by atoms with Crippen molar-refractivity contribution in [3.8, 4) is 56.2 Å². The molecule has 3 heteroatoms. The minimum atomic E-state index is 0.687. The van der Waals surface area contributed by atoms with Gasteiger partial charge in [0.1, 0.15) is 11.2 Å². The summed E-state index contributed by atoms with van der Waals surface area (Å²) in [7, 11) is 0. The minimum Gasteiger partial charge on any atom is -0.456 e. The van der Waals surface area contributed by atoms with E-state index in [4.69, 9.17) is 14.4 Å². The van der Waals surface area contributed by atoms with Crippen LogP contribution in [0.3, 0.4) is 0 Å². The molecule has 0 atom stereocenters. The smallest absolute Gasteiger partial charge is 0.161 e. The van der Waals surface area contributed by atoms with Crippen LogP contribution in [0.25, 0.3) is 121 Å². The van der Waals surface area contributed by atoms with Crippen LogP contribution >= 0.6 is 0 Å². The maximum atomic E-state index is 6.32. The maximum absolute atomic E-state index is 6.32. The fraction of sp³-hybridized carbons (Fsp3) is 0. The van der Waals surface area contributed by atoms with Gasteiger partial charge in [-0.05, 0) is 95.7 Å². The second-order valence-corrected chi connectivity index (χ2v) is 15.3. The van der Waals surface area contributed by atoms with E-state index in [1.165, 1.54) is 37.7 Å². The summed E-state index contributed by atoms with van der Waals surface area (Å²) in [6.07, 6.45) is 0. The predicted octanol–water partition coefficient (Wildman–Crippen LogP) is 15.3. The van der Waals surface area contributed by atoms with E-state index in [9.17, 15) is 0 Å². The first kappa shape index (κ1) is 33.3. The van der Waals surface area contributed by atoms with Gasteiger partial charge in [0.25, 0.3) is 0 Å². The van der Waals surface area contributed by atoms with Gasteiger partial charge in [0.15, 0.2) is 5.82 Å². The Balaban J connectivity index is 1.06. The molecule has 2 heterocycles. The van der Waals surface area contributed by atoms with Crippen LogP contribution in [0.2, 0.25) is 0 Å². The van der Waals surface area contributed by atoms with E-state index >= 15 is 0 Å². The fourth-order valence-electron chi connectivity index (χ4n) is 9.05. The Bertz CT molecular complexity index is 3600. The molecule has 12 rings (SSSR count). The number of fused-ring (bicyclic) bond motifs is 9. The third-order valence-electron chi connectivity index (χ3n) is 11.9. The van der Waals surface area contributed by atoms with Crippen molar-refractivity contribution in [3.63, 3.8) is 0 Å². The van der Waals surface area contributed by atoms with Crippen LogP contribution in [0.15, 0.2) is 211 Å². The zero-order chi connectivity index (χ0) is 38.9. The number of nitrogens with zero attached hydrogens (tertiary/aromatic N) is 2. The number of hydrogen-bond donors (Lipinski definition) is 0. The largest absolute Gasteiger partial charge is 0.456 e. The normalized spacial score (nSPS) is 11.7. The summed E-state index contributed by atoms with van der Waals surface area (Å²) in [6.45, 7) is 0. The Morgan fingerprint density at radius 3 is 1.75 bits per heavy atom. The second kappa shape index (κ2) is 13.4. The molecule has 10 aromatic carbocycles. The molecular formula is C56H34N2O. The molecule has 0 amide bonds. The van der Waals surface area contributed by atoms with Gasteiger partial charge in [0, 0.05) is 27.5 Å². The van der Waals surface area contributed by atoms with Gasteiger partial charge >= 0.3 is 0 Å². The molecule has 0 fully saturated rings. The Morgan fingerprint density at radius 1 is 0.305 bits per heavy atom. The van der Waals surface area contributed by atoms with Crippen LogP contribution in [0, 0.1) is 0 Å². The predicted molar refractivity (Wildman–Crippen MR) is 247 cm³/mol. The molecule has 12 aromatic rings. The lowest BCUT2D eigenvalue weighted by atomic mass is 9.91. The molecule has 0 aliphatic rings. The first-order valence-corrected chi connectivity index (χ1v) is 20.1. The highest BCUT2D eigenvalue weighted by atomic mass is 16.3. The quantitative estimate of drug-likeness (QED) is 0.130. The third kappa shape index (κ3) is 5.51. The summed E-state index contributed by atoms with van der Waals surface area (Å²) < 4.78 is 6.32. The molecular weight excluding hydrogens is 717 g/mol. The van der Waals surface area contributed by atoms with Crippen molar-refractivity contribution < 1.29 is 4.42 Å². The summed E-state index contributed by atoms with van der Waals surface area (Å²) in [6, 6.07) is 73.3. The summed E-state index contributed by atoms with van der Waals surface area (Å²) in [4.78, 5) is 10.9. The summed E-state index contributed by atoms with van der Waals surface area (Å²) in [5, 5.41) is 11.8. The molecule has 59 heavy (non-hydrogen) atoms. The molecule has 0 spiro atoms. The zero-order valence-electron chi connectivity index (χ0n) is 31.9. The van der Waals surface area contributed by atoms with Crippen molar-refractivity contribution in [2.24, 2.45) is 0 Å². The molecule has 0 saturated carbocycles. The standard InChI is InChI=1S/C56H34N2O/c1-2-12-36(13-3-1)42-17-10-11-21-47(42)56-57-50(34-51(58-56)54-45-20-9-6-16-41(45)33-48-43-18-7-4-14-37(43)26-29-46(48)54)39-24-22-35(23-25-39)40-28-30-52-49(32-40)55-44-19-8-5-15-38(44)27-31-53(55)59-52/h1-34H. The van der Waals surface area contributed by atoms with Crippen molar-refractivity contribution in [2.45, 2.75) is 0 Å². The van der Waals surface area contributed by atoms with Crippen molar-refractivity contribution >= 4 is 65.0 Å². The number of rotatable bonds is 5. The topological polar surface area (TPSA) is 38.9 Å². The molecule has 0 aliphatic carbocycles. The van der Waals surface area contributed by atoms with Crippen molar-refractivity contribution in [1.29, 1.82) is 0 Å². The van der Waals surface area contributed by atoms with Gasteiger partial charge in [0.2, 0.25) is 0 Å². The Morgan fingerprint density at radius 2 is 0.915 bits per heavy atom. The van der Waals surface area contributed by atoms with Crippen LogP contribution in [-0.4, -0.2) is 9.97 Å². The second-order valence-electron chi connectivity index (χ2n) is 15.3. The third-order valence-corrected chi connectivity index (χ3v) is 11.9. The van der Waals surface area contributed by atoms with Crippen molar-refractivity contribution in [2.75, 3.05) is 0 Å². The summed E-state index contributed by atoms with van der Waals surface area (Å²) in [5.41, 5.74) is 11.1. The maximum Gasteiger partial charge on any atom is 0.161 e. The van der Waals surface area contributed by atoms with E-state index in [0.29, 0.717) is 5.82 Å².